The van der Waals surface area contributed by atoms with Gasteiger partial charge in [0.25, 0.3) is 0 Å². The fourth-order valence-corrected chi connectivity index (χ4v) is 1.85. The lowest BCUT2D eigenvalue weighted by atomic mass is 9.97. The van der Waals surface area contributed by atoms with Crippen LogP contribution in [0.4, 0.5) is 4.39 Å². The first kappa shape index (κ1) is 12.5. The van der Waals surface area contributed by atoms with Crippen molar-refractivity contribution in [2.45, 2.75) is 13.8 Å². The minimum Gasteiger partial charge on any atom is -0.294 e. The van der Waals surface area contributed by atoms with Crippen LogP contribution in [0.2, 0.25) is 0 Å². The van der Waals surface area contributed by atoms with Crippen molar-refractivity contribution in [1.29, 1.82) is 0 Å². The standard InChI is InChI=1S/C16H15FO/c1-11(2)16(18)13-8-9-14(15(17)10-13)12-6-4-3-5-7-12/h3-11H,1-2H3. The number of Topliss-reactive ketones (excluding diaryl/α,β-unsaturated/α-hetero) is 1. The van der Waals surface area contributed by atoms with Gasteiger partial charge in [-0.15, -0.1) is 0 Å². The maximum Gasteiger partial charge on any atom is 0.165 e. The van der Waals surface area contributed by atoms with Crippen molar-refractivity contribution in [3.8, 4) is 11.1 Å². The molecule has 0 saturated carbocycles. The van der Waals surface area contributed by atoms with E-state index in [0.717, 1.165) is 5.56 Å². The van der Waals surface area contributed by atoms with Crippen molar-refractivity contribution >= 4 is 5.78 Å². The fraction of sp³-hybridized carbons (Fsp3) is 0.188. The predicted molar refractivity (Wildman–Crippen MR) is 71.0 cm³/mol. The Kier molecular flexibility index (Phi) is 3.56. The van der Waals surface area contributed by atoms with E-state index in [0.29, 0.717) is 11.1 Å². The van der Waals surface area contributed by atoms with E-state index in [2.05, 4.69) is 0 Å². The van der Waals surface area contributed by atoms with Crippen LogP contribution < -0.4 is 0 Å². The van der Waals surface area contributed by atoms with Gasteiger partial charge in [0.1, 0.15) is 5.82 Å². The lowest BCUT2D eigenvalue weighted by Crippen LogP contribution is -2.07. The highest BCUT2D eigenvalue weighted by Gasteiger charge is 2.13. The highest BCUT2D eigenvalue weighted by atomic mass is 19.1. The number of rotatable bonds is 3. The molecule has 2 aromatic carbocycles. The largest absolute Gasteiger partial charge is 0.294 e. The van der Waals surface area contributed by atoms with E-state index in [9.17, 15) is 9.18 Å². The van der Waals surface area contributed by atoms with Crippen LogP contribution in [0.5, 0.6) is 0 Å². The molecule has 0 aliphatic rings. The van der Waals surface area contributed by atoms with Crippen molar-refractivity contribution in [3.63, 3.8) is 0 Å². The van der Waals surface area contributed by atoms with Gasteiger partial charge < -0.3 is 0 Å². The Bertz CT molecular complexity index is 559. The number of ketones is 1. The number of carbonyl (C=O) groups is 1. The van der Waals surface area contributed by atoms with E-state index >= 15 is 0 Å². The second-order valence-corrected chi connectivity index (χ2v) is 4.58. The summed E-state index contributed by atoms with van der Waals surface area (Å²) in [5.74, 6) is -0.506. The molecule has 0 radical (unpaired) electrons. The van der Waals surface area contributed by atoms with E-state index in [1.54, 1.807) is 12.1 Å². The van der Waals surface area contributed by atoms with Crippen LogP contribution in [0.1, 0.15) is 24.2 Å². The fourth-order valence-electron chi connectivity index (χ4n) is 1.85. The third kappa shape index (κ3) is 2.48. The van der Waals surface area contributed by atoms with E-state index in [4.69, 9.17) is 0 Å². The average Bonchev–Trinajstić information content (AvgIpc) is 2.38. The summed E-state index contributed by atoms with van der Waals surface area (Å²) in [4.78, 5) is 11.8. The van der Waals surface area contributed by atoms with Crippen LogP contribution in [-0.2, 0) is 0 Å². The monoisotopic (exact) mass is 242 g/mol. The third-order valence-electron chi connectivity index (χ3n) is 2.86. The molecule has 92 valence electrons. The molecule has 2 heteroatoms. The highest BCUT2D eigenvalue weighted by Crippen LogP contribution is 2.24. The quantitative estimate of drug-likeness (QED) is 0.732. The Labute approximate surface area is 106 Å². The summed E-state index contributed by atoms with van der Waals surface area (Å²) in [7, 11) is 0. The topological polar surface area (TPSA) is 17.1 Å². The zero-order chi connectivity index (χ0) is 13.1. The molecule has 0 unspecified atom stereocenters. The maximum absolute atomic E-state index is 14.0. The molecular weight excluding hydrogens is 227 g/mol. The Balaban J connectivity index is 2.40. The zero-order valence-corrected chi connectivity index (χ0v) is 10.5. The third-order valence-corrected chi connectivity index (χ3v) is 2.86. The molecular formula is C16H15FO. The van der Waals surface area contributed by atoms with Crippen LogP contribution in [0.15, 0.2) is 48.5 Å². The minimum absolute atomic E-state index is 0.0338. The van der Waals surface area contributed by atoms with Crippen molar-refractivity contribution in [1.82, 2.24) is 0 Å². The first-order valence-corrected chi connectivity index (χ1v) is 5.99. The van der Waals surface area contributed by atoms with Crippen LogP contribution in [0, 0.1) is 11.7 Å². The van der Waals surface area contributed by atoms with Gasteiger partial charge in [0.05, 0.1) is 0 Å². The molecule has 0 saturated heterocycles. The van der Waals surface area contributed by atoms with Gasteiger partial charge in [0, 0.05) is 17.0 Å². The second kappa shape index (κ2) is 5.13. The predicted octanol–water partition coefficient (Wildman–Crippen LogP) is 4.33. The van der Waals surface area contributed by atoms with Gasteiger partial charge in [-0.1, -0.05) is 56.3 Å². The average molecular weight is 242 g/mol. The van der Waals surface area contributed by atoms with Crippen LogP contribution in [-0.4, -0.2) is 5.78 Å². The zero-order valence-electron chi connectivity index (χ0n) is 10.5. The number of hydrogen-bond acceptors (Lipinski definition) is 1. The Morgan fingerprint density at radius 1 is 1.06 bits per heavy atom. The van der Waals surface area contributed by atoms with Crippen molar-refractivity contribution in [2.75, 3.05) is 0 Å². The number of carbonyl (C=O) groups excluding carboxylic acids is 1. The molecule has 0 spiro atoms. The molecule has 0 N–H and O–H groups in total. The maximum atomic E-state index is 14.0. The first-order valence-electron chi connectivity index (χ1n) is 5.99. The summed E-state index contributed by atoms with van der Waals surface area (Å²) in [6.45, 7) is 3.62. The normalized spacial score (nSPS) is 10.7. The molecule has 0 heterocycles. The van der Waals surface area contributed by atoms with Gasteiger partial charge in [-0.2, -0.15) is 0 Å². The van der Waals surface area contributed by atoms with Gasteiger partial charge in [-0.05, 0) is 11.6 Å². The van der Waals surface area contributed by atoms with Crippen molar-refractivity contribution in [3.05, 3.63) is 59.9 Å². The van der Waals surface area contributed by atoms with E-state index in [1.165, 1.54) is 6.07 Å². The molecule has 0 amide bonds. The first-order chi connectivity index (χ1) is 8.59. The molecule has 0 bridgehead atoms. The molecule has 0 aromatic heterocycles. The Morgan fingerprint density at radius 2 is 1.72 bits per heavy atom. The van der Waals surface area contributed by atoms with Crippen LogP contribution >= 0.6 is 0 Å². The minimum atomic E-state index is -0.354. The van der Waals surface area contributed by atoms with Crippen molar-refractivity contribution < 1.29 is 9.18 Å². The van der Waals surface area contributed by atoms with Gasteiger partial charge in [-0.3, -0.25) is 4.79 Å². The van der Waals surface area contributed by atoms with Crippen LogP contribution in [0.25, 0.3) is 11.1 Å². The lowest BCUT2D eigenvalue weighted by molar-refractivity contribution is 0.0939. The van der Waals surface area contributed by atoms with E-state index in [-0.39, 0.29) is 17.5 Å². The van der Waals surface area contributed by atoms with Gasteiger partial charge >= 0.3 is 0 Å². The second-order valence-electron chi connectivity index (χ2n) is 4.58. The molecule has 2 rings (SSSR count). The summed E-state index contributed by atoms with van der Waals surface area (Å²) >= 11 is 0. The Morgan fingerprint density at radius 3 is 2.28 bits per heavy atom. The van der Waals surface area contributed by atoms with Gasteiger partial charge in [-0.25, -0.2) is 4.39 Å². The molecule has 0 aliphatic carbocycles. The molecule has 18 heavy (non-hydrogen) atoms. The number of halogens is 1. The van der Waals surface area contributed by atoms with E-state index < -0.39 is 0 Å². The summed E-state index contributed by atoms with van der Waals surface area (Å²) in [5.41, 5.74) is 1.77. The molecule has 0 fully saturated rings. The van der Waals surface area contributed by atoms with Crippen LogP contribution in [0.3, 0.4) is 0 Å². The molecule has 2 aromatic rings. The highest BCUT2D eigenvalue weighted by molar-refractivity contribution is 5.97. The number of benzene rings is 2. The smallest absolute Gasteiger partial charge is 0.165 e. The number of hydrogen-bond donors (Lipinski definition) is 0. The Hall–Kier alpha value is -1.96. The summed E-state index contributed by atoms with van der Waals surface area (Å²) in [6, 6.07) is 14.0. The summed E-state index contributed by atoms with van der Waals surface area (Å²) in [5, 5.41) is 0. The van der Waals surface area contributed by atoms with Gasteiger partial charge in [0.15, 0.2) is 5.78 Å². The van der Waals surface area contributed by atoms with E-state index in [1.807, 2.05) is 44.2 Å². The SMILES string of the molecule is CC(C)C(=O)c1ccc(-c2ccccc2)c(F)c1. The molecule has 0 aliphatic heterocycles. The lowest BCUT2D eigenvalue weighted by Gasteiger charge is -2.07. The summed E-state index contributed by atoms with van der Waals surface area (Å²) < 4.78 is 14.0. The van der Waals surface area contributed by atoms with Crippen molar-refractivity contribution in [2.24, 2.45) is 5.92 Å². The molecule has 1 nitrogen and oxygen atoms in total. The molecule has 0 atom stereocenters. The van der Waals surface area contributed by atoms with Gasteiger partial charge in [0.2, 0.25) is 0 Å². The summed E-state index contributed by atoms with van der Waals surface area (Å²) in [6.07, 6.45) is 0.